The van der Waals surface area contributed by atoms with Crippen molar-refractivity contribution in [3.8, 4) is 5.75 Å². The van der Waals surface area contributed by atoms with Crippen molar-refractivity contribution < 1.29 is 22.7 Å². The number of halogens is 1. The number of sulfonamides is 1. The van der Waals surface area contributed by atoms with Crippen LogP contribution in [0.4, 0.5) is 5.69 Å². The van der Waals surface area contributed by atoms with Gasteiger partial charge in [0.2, 0.25) is 11.8 Å². The molecule has 4 aromatic carbocycles. The van der Waals surface area contributed by atoms with E-state index in [4.69, 9.17) is 16.3 Å². The van der Waals surface area contributed by atoms with Gasteiger partial charge in [0.25, 0.3) is 10.0 Å². The zero-order valence-electron chi connectivity index (χ0n) is 25.7. The Morgan fingerprint density at radius 3 is 2.13 bits per heavy atom. The van der Waals surface area contributed by atoms with Crippen LogP contribution in [-0.4, -0.2) is 50.9 Å². The molecule has 0 radical (unpaired) electrons. The summed E-state index contributed by atoms with van der Waals surface area (Å²) in [5.41, 5.74) is 1.88. The van der Waals surface area contributed by atoms with Crippen LogP contribution in [0.25, 0.3) is 0 Å². The molecule has 1 atom stereocenters. The molecule has 0 bridgehead atoms. The molecule has 5 rings (SSSR count). The quantitative estimate of drug-likeness (QED) is 0.183. The molecule has 1 aliphatic carbocycles. The van der Waals surface area contributed by atoms with Gasteiger partial charge in [-0.3, -0.25) is 13.9 Å². The molecule has 1 aliphatic rings. The summed E-state index contributed by atoms with van der Waals surface area (Å²) in [6.07, 6.45) is 4.08. The van der Waals surface area contributed by atoms with Crippen LogP contribution in [0.5, 0.6) is 5.75 Å². The van der Waals surface area contributed by atoms with Gasteiger partial charge in [0, 0.05) is 24.0 Å². The van der Waals surface area contributed by atoms with Gasteiger partial charge < -0.3 is 15.0 Å². The summed E-state index contributed by atoms with van der Waals surface area (Å²) in [6, 6.07) is 30.2. The minimum absolute atomic E-state index is 0.0307. The number of nitrogens with one attached hydrogen (secondary N) is 1. The van der Waals surface area contributed by atoms with Gasteiger partial charge in [-0.15, -0.1) is 0 Å². The second-order valence-electron chi connectivity index (χ2n) is 11.4. The third-order valence-electron chi connectivity index (χ3n) is 8.19. The summed E-state index contributed by atoms with van der Waals surface area (Å²) in [5.74, 6) is -0.257. The molecule has 10 heteroatoms. The first-order valence-electron chi connectivity index (χ1n) is 15.3. The molecule has 1 fully saturated rings. The molecule has 0 unspecified atom stereocenters. The molecule has 46 heavy (non-hydrogen) atoms. The number of anilines is 1. The van der Waals surface area contributed by atoms with Crippen molar-refractivity contribution in [2.75, 3.05) is 18.0 Å². The lowest BCUT2D eigenvalue weighted by Crippen LogP contribution is -2.54. The van der Waals surface area contributed by atoms with Gasteiger partial charge in [-0.2, -0.15) is 0 Å². The third kappa shape index (κ3) is 8.27. The molecule has 0 saturated heterocycles. The van der Waals surface area contributed by atoms with Crippen LogP contribution in [0.15, 0.2) is 114 Å². The minimum atomic E-state index is -4.18. The van der Waals surface area contributed by atoms with Crippen LogP contribution in [-0.2, 0) is 32.6 Å². The molecule has 4 aromatic rings. The number of hydrogen-bond acceptors (Lipinski definition) is 5. The predicted octanol–water partition coefficient (Wildman–Crippen LogP) is 6.24. The number of nitrogens with zero attached hydrogens (tertiary/aromatic N) is 2. The van der Waals surface area contributed by atoms with Crippen molar-refractivity contribution in [3.05, 3.63) is 125 Å². The first-order valence-corrected chi connectivity index (χ1v) is 17.2. The molecule has 0 aliphatic heterocycles. The lowest BCUT2D eigenvalue weighted by molar-refractivity contribution is -0.140. The minimum Gasteiger partial charge on any atom is -0.497 e. The fourth-order valence-corrected chi connectivity index (χ4v) is 7.40. The zero-order valence-corrected chi connectivity index (χ0v) is 27.3. The number of methoxy groups -OCH3 is 1. The highest BCUT2D eigenvalue weighted by molar-refractivity contribution is 7.92. The third-order valence-corrected chi connectivity index (χ3v) is 10.2. The SMILES string of the molecule is COc1ccc(N(CC(=O)N(Cc2cccc(Cl)c2)[C@@H](Cc2ccccc2)C(=O)NC2CCCC2)S(=O)(=O)c2ccccc2)cc1. The average Bonchev–Trinajstić information content (AvgIpc) is 3.59. The van der Waals surface area contributed by atoms with Gasteiger partial charge in [-0.25, -0.2) is 8.42 Å². The first kappa shape index (κ1) is 33.0. The normalized spacial score (nSPS) is 14.0. The predicted molar refractivity (Wildman–Crippen MR) is 180 cm³/mol. The molecular weight excluding hydrogens is 622 g/mol. The standard InChI is InChI=1S/C36H38ClN3O5S/c1-45-32-21-19-31(20-22-32)40(46(43,44)33-17-6-3-7-18-33)26-35(41)39(25-28-13-10-14-29(37)23-28)34(24-27-11-4-2-5-12-27)36(42)38-30-15-8-9-16-30/h2-7,10-14,17-23,30,34H,8-9,15-16,24-26H2,1H3,(H,38,42)/t34-/m0/s1. The highest BCUT2D eigenvalue weighted by atomic mass is 35.5. The Balaban J connectivity index is 1.56. The second-order valence-corrected chi connectivity index (χ2v) is 13.7. The molecular formula is C36H38ClN3O5S. The van der Waals surface area contributed by atoms with Gasteiger partial charge in [0.1, 0.15) is 18.3 Å². The maximum absolute atomic E-state index is 14.6. The van der Waals surface area contributed by atoms with Gasteiger partial charge in [-0.05, 0) is 72.5 Å². The largest absolute Gasteiger partial charge is 0.497 e. The van der Waals surface area contributed by atoms with Gasteiger partial charge in [-0.1, -0.05) is 85.1 Å². The van der Waals surface area contributed by atoms with Crippen molar-refractivity contribution in [1.82, 2.24) is 10.2 Å². The van der Waals surface area contributed by atoms with Crippen molar-refractivity contribution >= 4 is 39.1 Å². The number of rotatable bonds is 13. The van der Waals surface area contributed by atoms with E-state index >= 15 is 0 Å². The van der Waals surface area contributed by atoms with Crippen molar-refractivity contribution in [3.63, 3.8) is 0 Å². The number of ether oxygens (including phenoxy) is 1. The Morgan fingerprint density at radius 1 is 0.870 bits per heavy atom. The molecule has 0 heterocycles. The van der Waals surface area contributed by atoms with E-state index in [1.54, 1.807) is 60.7 Å². The average molecular weight is 660 g/mol. The van der Waals surface area contributed by atoms with Crippen molar-refractivity contribution in [2.24, 2.45) is 0 Å². The zero-order chi connectivity index (χ0) is 32.5. The van der Waals surface area contributed by atoms with Gasteiger partial charge in [0.15, 0.2) is 0 Å². The van der Waals surface area contributed by atoms with Crippen molar-refractivity contribution in [2.45, 2.75) is 55.6 Å². The van der Waals surface area contributed by atoms with Crippen LogP contribution in [0.3, 0.4) is 0 Å². The van der Waals surface area contributed by atoms with E-state index in [1.807, 2.05) is 36.4 Å². The highest BCUT2D eigenvalue weighted by Crippen LogP contribution is 2.27. The van der Waals surface area contributed by atoms with Crippen molar-refractivity contribution in [1.29, 1.82) is 0 Å². The lowest BCUT2D eigenvalue weighted by Gasteiger charge is -2.34. The number of hydrogen-bond donors (Lipinski definition) is 1. The van der Waals surface area contributed by atoms with Crippen LogP contribution in [0.2, 0.25) is 5.02 Å². The molecule has 2 amide bonds. The first-order chi connectivity index (χ1) is 22.2. The Morgan fingerprint density at radius 2 is 1.50 bits per heavy atom. The topological polar surface area (TPSA) is 96.0 Å². The van der Waals surface area contributed by atoms with Gasteiger partial charge >= 0.3 is 0 Å². The van der Waals surface area contributed by atoms with E-state index in [9.17, 15) is 18.0 Å². The summed E-state index contributed by atoms with van der Waals surface area (Å²) >= 11 is 6.33. The van der Waals surface area contributed by atoms with E-state index in [-0.39, 0.29) is 35.5 Å². The Kier molecular flexibility index (Phi) is 11.0. The van der Waals surface area contributed by atoms with E-state index in [1.165, 1.54) is 24.1 Å². The van der Waals surface area contributed by atoms with E-state index in [2.05, 4.69) is 5.32 Å². The monoisotopic (exact) mass is 659 g/mol. The molecule has 1 N–H and O–H groups in total. The number of carbonyl (C=O) groups excluding carboxylic acids is 2. The molecule has 240 valence electrons. The molecule has 0 spiro atoms. The smallest absolute Gasteiger partial charge is 0.264 e. The number of carbonyl (C=O) groups is 2. The van der Waals surface area contributed by atoms with Crippen LogP contribution in [0, 0.1) is 0 Å². The summed E-state index contributed by atoms with van der Waals surface area (Å²) in [5, 5.41) is 3.67. The summed E-state index contributed by atoms with van der Waals surface area (Å²) in [4.78, 5) is 30.2. The lowest BCUT2D eigenvalue weighted by atomic mass is 10.0. The molecule has 8 nitrogen and oxygen atoms in total. The maximum Gasteiger partial charge on any atom is 0.264 e. The summed E-state index contributed by atoms with van der Waals surface area (Å²) < 4.78 is 34.6. The van der Waals surface area contributed by atoms with E-state index in [0.29, 0.717) is 10.8 Å². The number of benzene rings is 4. The Bertz CT molecular complexity index is 1710. The number of amides is 2. The molecule has 1 saturated carbocycles. The summed E-state index contributed by atoms with van der Waals surface area (Å²) in [7, 11) is -2.66. The Labute approximate surface area is 276 Å². The van der Waals surface area contributed by atoms with Crippen LogP contribution < -0.4 is 14.4 Å². The Hall–Kier alpha value is -4.34. The fourth-order valence-electron chi connectivity index (χ4n) is 5.75. The van der Waals surface area contributed by atoms with E-state index < -0.39 is 28.5 Å². The fraction of sp³-hybridized carbons (Fsp3) is 0.278. The summed E-state index contributed by atoms with van der Waals surface area (Å²) in [6.45, 7) is -0.483. The maximum atomic E-state index is 14.6. The van der Waals surface area contributed by atoms with Crippen LogP contribution >= 0.6 is 11.6 Å². The van der Waals surface area contributed by atoms with Crippen LogP contribution in [0.1, 0.15) is 36.8 Å². The molecule has 0 aromatic heterocycles. The second kappa shape index (κ2) is 15.3. The van der Waals surface area contributed by atoms with E-state index in [0.717, 1.165) is 41.1 Å². The highest BCUT2D eigenvalue weighted by Gasteiger charge is 2.35. The van der Waals surface area contributed by atoms with Gasteiger partial charge in [0.05, 0.1) is 17.7 Å².